The van der Waals surface area contributed by atoms with E-state index in [0.29, 0.717) is 12.6 Å². The second kappa shape index (κ2) is 12.5. The molecule has 2 aliphatic rings. The van der Waals surface area contributed by atoms with Crippen LogP contribution in [0.15, 0.2) is 23.3 Å². The molecule has 0 aromatic carbocycles. The highest BCUT2D eigenvalue weighted by molar-refractivity contribution is 14.0. The van der Waals surface area contributed by atoms with E-state index >= 15 is 0 Å². The zero-order valence-electron chi connectivity index (χ0n) is 18.2. The first kappa shape index (κ1) is 24.1. The van der Waals surface area contributed by atoms with E-state index in [2.05, 4.69) is 63.3 Å². The lowest BCUT2D eigenvalue weighted by Gasteiger charge is -2.33. The molecule has 1 atom stereocenters. The molecule has 2 N–H and O–H groups in total. The number of nitrogens with one attached hydrogen (secondary N) is 2. The van der Waals surface area contributed by atoms with Crippen molar-refractivity contribution in [3.8, 4) is 0 Å². The highest BCUT2D eigenvalue weighted by Crippen LogP contribution is 2.16. The van der Waals surface area contributed by atoms with Crippen LogP contribution in [0.25, 0.3) is 0 Å². The second-order valence-electron chi connectivity index (χ2n) is 7.81. The van der Waals surface area contributed by atoms with E-state index in [1.54, 1.807) is 0 Å². The summed E-state index contributed by atoms with van der Waals surface area (Å²) in [6.07, 6.45) is 4.50. The molecule has 29 heavy (non-hydrogen) atoms. The molecule has 8 heteroatoms. The van der Waals surface area contributed by atoms with E-state index in [0.717, 1.165) is 57.6 Å². The lowest BCUT2D eigenvalue weighted by molar-refractivity contribution is 0.267. The summed E-state index contributed by atoms with van der Waals surface area (Å²) in [5, 5.41) is 6.93. The van der Waals surface area contributed by atoms with Crippen LogP contribution in [0.3, 0.4) is 0 Å². The highest BCUT2D eigenvalue weighted by Gasteiger charge is 2.22. The number of rotatable bonds is 7. The number of halogens is 1. The molecule has 3 rings (SSSR count). The number of guanidine groups is 1. The van der Waals surface area contributed by atoms with Gasteiger partial charge in [-0.1, -0.05) is 6.92 Å². The number of anilines is 1. The van der Waals surface area contributed by atoms with Crippen molar-refractivity contribution in [2.75, 3.05) is 64.3 Å². The third kappa shape index (κ3) is 7.25. The van der Waals surface area contributed by atoms with Gasteiger partial charge in [-0.15, -0.1) is 24.0 Å². The zero-order valence-corrected chi connectivity index (χ0v) is 20.6. The Hall–Kier alpha value is -1.13. The average molecular weight is 515 g/mol. The highest BCUT2D eigenvalue weighted by atomic mass is 127. The van der Waals surface area contributed by atoms with Crippen LogP contribution >= 0.6 is 24.0 Å². The van der Waals surface area contributed by atoms with E-state index in [4.69, 9.17) is 4.99 Å². The minimum Gasteiger partial charge on any atom is -0.357 e. The maximum absolute atomic E-state index is 4.82. The van der Waals surface area contributed by atoms with Gasteiger partial charge in [-0.25, -0.2) is 9.98 Å². The summed E-state index contributed by atoms with van der Waals surface area (Å²) in [4.78, 5) is 16.7. The van der Waals surface area contributed by atoms with Gasteiger partial charge in [0.25, 0.3) is 0 Å². The van der Waals surface area contributed by atoms with Crippen LogP contribution in [0, 0.1) is 0 Å². The predicted molar refractivity (Wildman–Crippen MR) is 132 cm³/mol. The molecule has 0 saturated carbocycles. The number of aliphatic imine (C=N–C) groups is 1. The SMILES string of the molecule is CCNC(=NCc1ccnc(N2CCN(C)CC2)c1)NCC1CCCN1CC.I. The summed E-state index contributed by atoms with van der Waals surface area (Å²) >= 11 is 0. The lowest BCUT2D eigenvalue weighted by Crippen LogP contribution is -2.45. The molecule has 0 amide bonds. The molecule has 164 valence electrons. The number of hydrogen-bond donors (Lipinski definition) is 2. The van der Waals surface area contributed by atoms with Gasteiger partial charge in [0.05, 0.1) is 6.54 Å². The monoisotopic (exact) mass is 515 g/mol. The summed E-state index contributed by atoms with van der Waals surface area (Å²) in [7, 11) is 2.18. The van der Waals surface area contributed by atoms with Crippen LogP contribution < -0.4 is 15.5 Å². The largest absolute Gasteiger partial charge is 0.357 e. The molecular formula is C21H38IN7. The lowest BCUT2D eigenvalue weighted by atomic mass is 10.2. The molecule has 2 fully saturated rings. The fourth-order valence-electron chi connectivity index (χ4n) is 4.04. The van der Waals surface area contributed by atoms with Crippen LogP contribution in [0.4, 0.5) is 5.82 Å². The molecule has 1 aromatic heterocycles. The second-order valence-corrected chi connectivity index (χ2v) is 7.81. The third-order valence-corrected chi connectivity index (χ3v) is 5.81. The Morgan fingerprint density at radius 1 is 1.17 bits per heavy atom. The molecule has 0 radical (unpaired) electrons. The molecule has 0 bridgehead atoms. The van der Waals surface area contributed by atoms with Gasteiger partial charge in [-0.05, 0) is 57.6 Å². The molecule has 0 aliphatic carbocycles. The fraction of sp³-hybridized carbons (Fsp3) is 0.714. The molecule has 0 spiro atoms. The molecule has 1 unspecified atom stereocenters. The van der Waals surface area contributed by atoms with Crippen molar-refractivity contribution in [1.82, 2.24) is 25.4 Å². The number of hydrogen-bond acceptors (Lipinski definition) is 5. The summed E-state index contributed by atoms with van der Waals surface area (Å²) in [5.41, 5.74) is 1.21. The summed E-state index contributed by atoms with van der Waals surface area (Å²) in [5.74, 6) is 1.98. The van der Waals surface area contributed by atoms with Crippen molar-refractivity contribution in [3.63, 3.8) is 0 Å². The standard InChI is InChI=1S/C21H37N7.HI/c1-4-22-21(25-17-19-7-6-10-27(19)5-2)24-16-18-8-9-23-20(15-18)28-13-11-26(3)12-14-28;/h8-9,15,19H,4-7,10-14,16-17H2,1-3H3,(H2,22,24,25);1H. The first-order chi connectivity index (χ1) is 13.7. The molecule has 7 nitrogen and oxygen atoms in total. The Bertz CT molecular complexity index is 631. The van der Waals surface area contributed by atoms with Crippen molar-refractivity contribution in [2.45, 2.75) is 39.3 Å². The summed E-state index contributed by atoms with van der Waals surface area (Å²) in [6.45, 7) is 13.5. The van der Waals surface area contributed by atoms with Crippen LogP contribution in [-0.2, 0) is 6.54 Å². The van der Waals surface area contributed by atoms with E-state index in [1.807, 2.05) is 6.20 Å². The number of likely N-dealkylation sites (tertiary alicyclic amines) is 1. The Balaban J connectivity index is 0.00000300. The summed E-state index contributed by atoms with van der Waals surface area (Å²) in [6, 6.07) is 4.88. The normalized spacial score (nSPS) is 21.1. The van der Waals surface area contributed by atoms with E-state index in [9.17, 15) is 0 Å². The van der Waals surface area contributed by atoms with Crippen molar-refractivity contribution in [2.24, 2.45) is 4.99 Å². The number of aromatic nitrogens is 1. The van der Waals surface area contributed by atoms with Crippen LogP contribution in [0.2, 0.25) is 0 Å². The topological polar surface area (TPSA) is 59.0 Å². The Morgan fingerprint density at radius 2 is 1.97 bits per heavy atom. The van der Waals surface area contributed by atoms with Crippen LogP contribution in [0.5, 0.6) is 0 Å². The van der Waals surface area contributed by atoms with Crippen molar-refractivity contribution < 1.29 is 0 Å². The van der Waals surface area contributed by atoms with Gasteiger partial charge in [0.15, 0.2) is 5.96 Å². The molecule has 2 aliphatic heterocycles. The van der Waals surface area contributed by atoms with E-state index in [1.165, 1.54) is 24.9 Å². The number of pyridine rings is 1. The van der Waals surface area contributed by atoms with E-state index in [-0.39, 0.29) is 24.0 Å². The van der Waals surface area contributed by atoms with Gasteiger partial charge in [0.1, 0.15) is 5.82 Å². The van der Waals surface area contributed by atoms with Crippen molar-refractivity contribution in [1.29, 1.82) is 0 Å². The molecule has 2 saturated heterocycles. The Kier molecular flexibility index (Phi) is 10.4. The first-order valence-corrected chi connectivity index (χ1v) is 10.8. The maximum atomic E-state index is 4.82. The van der Waals surface area contributed by atoms with Gasteiger partial charge in [0, 0.05) is 51.5 Å². The van der Waals surface area contributed by atoms with Gasteiger partial charge >= 0.3 is 0 Å². The molecule has 3 heterocycles. The van der Waals surface area contributed by atoms with Crippen LogP contribution in [-0.4, -0.2) is 86.2 Å². The first-order valence-electron chi connectivity index (χ1n) is 10.8. The number of nitrogens with zero attached hydrogens (tertiary/aromatic N) is 5. The van der Waals surface area contributed by atoms with Gasteiger partial charge in [0.2, 0.25) is 0 Å². The Morgan fingerprint density at radius 3 is 2.69 bits per heavy atom. The van der Waals surface area contributed by atoms with E-state index < -0.39 is 0 Å². The third-order valence-electron chi connectivity index (χ3n) is 5.81. The average Bonchev–Trinajstić information content (AvgIpc) is 3.18. The number of piperazine rings is 1. The zero-order chi connectivity index (χ0) is 19.8. The Labute approximate surface area is 193 Å². The minimum absolute atomic E-state index is 0. The summed E-state index contributed by atoms with van der Waals surface area (Å²) < 4.78 is 0. The molecule has 1 aromatic rings. The van der Waals surface area contributed by atoms with Gasteiger partial charge in [-0.3, -0.25) is 4.90 Å². The van der Waals surface area contributed by atoms with Gasteiger partial charge in [-0.2, -0.15) is 0 Å². The van der Waals surface area contributed by atoms with Crippen LogP contribution in [0.1, 0.15) is 32.3 Å². The van der Waals surface area contributed by atoms with Gasteiger partial charge < -0.3 is 20.4 Å². The molecular weight excluding hydrogens is 477 g/mol. The maximum Gasteiger partial charge on any atom is 0.191 e. The minimum atomic E-state index is 0. The smallest absolute Gasteiger partial charge is 0.191 e. The fourth-order valence-corrected chi connectivity index (χ4v) is 4.04. The quantitative estimate of drug-likeness (QED) is 0.329. The number of likely N-dealkylation sites (N-methyl/N-ethyl adjacent to an activating group) is 2. The predicted octanol–water partition coefficient (Wildman–Crippen LogP) is 1.99. The van der Waals surface area contributed by atoms with Crippen molar-refractivity contribution in [3.05, 3.63) is 23.9 Å². The van der Waals surface area contributed by atoms with Crippen molar-refractivity contribution >= 4 is 35.8 Å².